The van der Waals surface area contributed by atoms with Crippen LogP contribution in [0.25, 0.3) is 0 Å². The van der Waals surface area contributed by atoms with Crippen LogP contribution in [-0.4, -0.2) is 62.1 Å². The van der Waals surface area contributed by atoms with Crippen molar-refractivity contribution in [3.8, 4) is 5.75 Å². The molecule has 2 amide bonds. The van der Waals surface area contributed by atoms with Crippen molar-refractivity contribution in [2.75, 3.05) is 32.2 Å². The normalized spacial score (nSPS) is 25.4. The number of benzene rings is 1. The molecule has 1 aromatic carbocycles. The number of aliphatic hydroxyl groups excluding tert-OH is 1. The number of hydrogen-bond acceptors (Lipinski definition) is 6. The number of aliphatic hydroxyl groups is 1. The number of anilines is 1. The van der Waals surface area contributed by atoms with Gasteiger partial charge in [0.2, 0.25) is 11.8 Å². The molecule has 2 aliphatic rings. The molecule has 2 heterocycles. The lowest BCUT2D eigenvalue weighted by atomic mass is 9.84. The molecule has 1 saturated heterocycles. The van der Waals surface area contributed by atoms with E-state index in [1.807, 2.05) is 19.1 Å². The van der Waals surface area contributed by atoms with Crippen LogP contribution in [0.1, 0.15) is 37.7 Å². The van der Waals surface area contributed by atoms with Gasteiger partial charge in [-0.05, 0) is 31.0 Å². The molecule has 154 valence electrons. The zero-order valence-corrected chi connectivity index (χ0v) is 16.3. The minimum Gasteiger partial charge on any atom is -0.487 e. The van der Waals surface area contributed by atoms with E-state index in [4.69, 9.17) is 14.2 Å². The van der Waals surface area contributed by atoms with Gasteiger partial charge in [0.15, 0.2) is 0 Å². The van der Waals surface area contributed by atoms with E-state index in [1.165, 1.54) is 7.11 Å². The molecule has 0 unspecified atom stereocenters. The molecular weight excluding hydrogens is 364 g/mol. The number of carbonyl (C=O) groups excluding carboxylic acids is 2. The Morgan fingerprint density at radius 3 is 2.86 bits per heavy atom. The monoisotopic (exact) mass is 392 g/mol. The van der Waals surface area contributed by atoms with Gasteiger partial charge < -0.3 is 30.0 Å². The standard InChI is InChI=1S/C20H28N2O6/c1-3-6-21-18(24)9-13-8-15-14-7-12(22-19(25)11-26-2)4-5-16(14)28-20(15)17(10-23)27-13/h4-5,7,13,15,17,20,23H,3,6,8-11H2,1-2H3,(H,21,24)(H,22,25)/t13-,15+,17-,20-/m0/s1. The largest absolute Gasteiger partial charge is 0.487 e. The molecular formula is C20H28N2O6. The smallest absolute Gasteiger partial charge is 0.250 e. The number of fused-ring (bicyclic) bond motifs is 3. The van der Waals surface area contributed by atoms with E-state index in [0.29, 0.717) is 18.7 Å². The summed E-state index contributed by atoms with van der Waals surface area (Å²) in [6.45, 7) is 2.44. The van der Waals surface area contributed by atoms with Crippen LogP contribution in [0.4, 0.5) is 5.69 Å². The number of ether oxygens (including phenoxy) is 3. The highest BCUT2D eigenvalue weighted by molar-refractivity contribution is 5.91. The Kier molecular flexibility index (Phi) is 6.88. The molecule has 3 N–H and O–H groups in total. The summed E-state index contributed by atoms with van der Waals surface area (Å²) in [5.41, 5.74) is 1.62. The Morgan fingerprint density at radius 1 is 1.32 bits per heavy atom. The Labute approximate surface area is 164 Å². The molecule has 0 radical (unpaired) electrons. The average Bonchev–Trinajstić information content (AvgIpc) is 3.04. The second-order valence-corrected chi connectivity index (χ2v) is 7.19. The first-order valence-corrected chi connectivity index (χ1v) is 9.68. The zero-order valence-electron chi connectivity index (χ0n) is 16.3. The Hall–Kier alpha value is -2.16. The van der Waals surface area contributed by atoms with Crippen molar-refractivity contribution in [3.63, 3.8) is 0 Å². The lowest BCUT2D eigenvalue weighted by Gasteiger charge is -2.37. The fourth-order valence-electron chi connectivity index (χ4n) is 3.84. The van der Waals surface area contributed by atoms with Crippen molar-refractivity contribution < 1.29 is 28.9 Å². The van der Waals surface area contributed by atoms with Crippen LogP contribution in [0.5, 0.6) is 5.75 Å². The van der Waals surface area contributed by atoms with E-state index in [-0.39, 0.29) is 49.6 Å². The zero-order chi connectivity index (χ0) is 20.1. The van der Waals surface area contributed by atoms with E-state index < -0.39 is 6.10 Å². The predicted octanol–water partition coefficient (Wildman–Crippen LogP) is 1.18. The summed E-state index contributed by atoms with van der Waals surface area (Å²) in [4.78, 5) is 23.9. The summed E-state index contributed by atoms with van der Waals surface area (Å²) in [5.74, 6) is 0.423. The Morgan fingerprint density at radius 2 is 2.14 bits per heavy atom. The van der Waals surface area contributed by atoms with Gasteiger partial charge in [0, 0.05) is 30.8 Å². The second kappa shape index (κ2) is 9.36. The van der Waals surface area contributed by atoms with Gasteiger partial charge in [-0.25, -0.2) is 0 Å². The number of methoxy groups -OCH3 is 1. The molecule has 0 bridgehead atoms. The van der Waals surface area contributed by atoms with Gasteiger partial charge in [-0.15, -0.1) is 0 Å². The van der Waals surface area contributed by atoms with Gasteiger partial charge in [0.25, 0.3) is 0 Å². The van der Waals surface area contributed by atoms with E-state index >= 15 is 0 Å². The molecule has 8 heteroatoms. The minimum atomic E-state index is -0.498. The van der Waals surface area contributed by atoms with Gasteiger partial charge in [-0.3, -0.25) is 9.59 Å². The van der Waals surface area contributed by atoms with Crippen molar-refractivity contribution in [1.82, 2.24) is 5.32 Å². The topological polar surface area (TPSA) is 106 Å². The average molecular weight is 392 g/mol. The van der Waals surface area contributed by atoms with E-state index in [9.17, 15) is 14.7 Å². The first kappa shape index (κ1) is 20.6. The van der Waals surface area contributed by atoms with Crippen LogP contribution >= 0.6 is 0 Å². The molecule has 1 aromatic rings. The van der Waals surface area contributed by atoms with Gasteiger partial charge in [-0.1, -0.05) is 6.92 Å². The SMILES string of the molecule is CCCNC(=O)C[C@@H]1C[C@@H]2c3cc(NC(=O)COC)ccc3O[C@@H]2[C@H](CO)O1. The summed E-state index contributed by atoms with van der Waals surface area (Å²) in [6.07, 6.45) is 0.640. The number of carbonyl (C=O) groups is 2. The Balaban J connectivity index is 1.74. The lowest BCUT2D eigenvalue weighted by Crippen LogP contribution is -2.47. The van der Waals surface area contributed by atoms with Gasteiger partial charge in [0.1, 0.15) is 24.6 Å². The molecule has 1 fully saturated rings. The summed E-state index contributed by atoms with van der Waals surface area (Å²) in [5, 5.41) is 15.4. The molecule has 28 heavy (non-hydrogen) atoms. The molecule has 0 spiro atoms. The number of rotatable bonds is 8. The third-order valence-corrected chi connectivity index (χ3v) is 5.04. The van der Waals surface area contributed by atoms with Crippen LogP contribution in [-0.2, 0) is 19.1 Å². The maximum Gasteiger partial charge on any atom is 0.250 e. The van der Waals surface area contributed by atoms with Crippen LogP contribution in [0, 0.1) is 0 Å². The molecule has 8 nitrogen and oxygen atoms in total. The van der Waals surface area contributed by atoms with Gasteiger partial charge in [-0.2, -0.15) is 0 Å². The number of nitrogens with one attached hydrogen (secondary N) is 2. The van der Waals surface area contributed by atoms with Crippen molar-refractivity contribution >= 4 is 17.5 Å². The van der Waals surface area contributed by atoms with Gasteiger partial charge in [0.05, 0.1) is 19.1 Å². The molecule has 3 rings (SSSR count). The predicted molar refractivity (Wildman–Crippen MR) is 102 cm³/mol. The van der Waals surface area contributed by atoms with E-state index in [1.54, 1.807) is 6.07 Å². The fourth-order valence-corrected chi connectivity index (χ4v) is 3.84. The highest BCUT2D eigenvalue weighted by atomic mass is 16.6. The van der Waals surface area contributed by atoms with Crippen LogP contribution in [0.2, 0.25) is 0 Å². The Bertz CT molecular complexity index is 710. The van der Waals surface area contributed by atoms with Crippen molar-refractivity contribution in [2.45, 2.75) is 50.4 Å². The number of hydrogen-bond donors (Lipinski definition) is 3. The maximum absolute atomic E-state index is 12.1. The summed E-state index contributed by atoms with van der Waals surface area (Å²) in [6, 6.07) is 5.48. The number of amides is 2. The lowest BCUT2D eigenvalue weighted by molar-refractivity contribution is -0.142. The highest BCUT2D eigenvalue weighted by Gasteiger charge is 2.46. The van der Waals surface area contributed by atoms with Crippen molar-refractivity contribution in [2.24, 2.45) is 0 Å². The highest BCUT2D eigenvalue weighted by Crippen LogP contribution is 2.47. The first-order chi connectivity index (χ1) is 13.5. The minimum absolute atomic E-state index is 0.0100. The van der Waals surface area contributed by atoms with E-state index in [0.717, 1.165) is 17.7 Å². The third-order valence-electron chi connectivity index (χ3n) is 5.04. The summed E-state index contributed by atoms with van der Waals surface area (Å²) < 4.78 is 16.8. The van der Waals surface area contributed by atoms with Crippen LogP contribution in [0.15, 0.2) is 18.2 Å². The van der Waals surface area contributed by atoms with Crippen molar-refractivity contribution in [1.29, 1.82) is 0 Å². The second-order valence-electron chi connectivity index (χ2n) is 7.19. The van der Waals surface area contributed by atoms with E-state index in [2.05, 4.69) is 10.6 Å². The fraction of sp³-hybridized carbons (Fsp3) is 0.600. The molecule has 0 aromatic heterocycles. The first-order valence-electron chi connectivity index (χ1n) is 9.68. The van der Waals surface area contributed by atoms with Crippen LogP contribution < -0.4 is 15.4 Å². The molecule has 0 aliphatic carbocycles. The molecule has 2 aliphatic heterocycles. The van der Waals surface area contributed by atoms with Crippen LogP contribution in [0.3, 0.4) is 0 Å². The van der Waals surface area contributed by atoms with Crippen molar-refractivity contribution in [3.05, 3.63) is 23.8 Å². The summed E-state index contributed by atoms with van der Waals surface area (Å²) in [7, 11) is 1.47. The quantitative estimate of drug-likeness (QED) is 0.614. The molecule has 4 atom stereocenters. The summed E-state index contributed by atoms with van der Waals surface area (Å²) >= 11 is 0. The van der Waals surface area contributed by atoms with Gasteiger partial charge >= 0.3 is 0 Å². The molecule has 0 saturated carbocycles. The maximum atomic E-state index is 12.1. The third kappa shape index (κ3) is 4.63.